The molecule has 8 nitrogen and oxygen atoms in total. The molecular weight excluding hydrogens is 510 g/mol. The highest BCUT2D eigenvalue weighted by Gasteiger charge is 2.17. The van der Waals surface area contributed by atoms with Crippen LogP contribution in [0.5, 0.6) is 0 Å². The molecule has 0 saturated heterocycles. The zero-order valence-corrected chi connectivity index (χ0v) is 22.2. The Labute approximate surface area is 225 Å². The van der Waals surface area contributed by atoms with Gasteiger partial charge in [-0.2, -0.15) is 0 Å². The molecule has 0 unspecified atom stereocenters. The summed E-state index contributed by atoms with van der Waals surface area (Å²) in [6.45, 7) is 2.02. The van der Waals surface area contributed by atoms with Crippen LogP contribution in [0, 0.1) is 6.92 Å². The fraction of sp³-hybridized carbons (Fsp3) is 0.100. The lowest BCUT2D eigenvalue weighted by Crippen LogP contribution is -2.15. The third-order valence-corrected chi connectivity index (χ3v) is 7.86. The maximum atomic E-state index is 13.4. The van der Waals surface area contributed by atoms with Gasteiger partial charge in [-0.25, -0.2) is 18.4 Å². The number of carbonyl (C=O) groups is 1. The second kappa shape index (κ2) is 9.52. The molecule has 0 saturated carbocycles. The van der Waals surface area contributed by atoms with Crippen LogP contribution in [0.25, 0.3) is 27.9 Å². The normalized spacial score (nSPS) is 11.7. The second-order valence-corrected chi connectivity index (χ2v) is 11.6. The number of carbonyl (C=O) groups excluding carboxylic acids is 1. The Hall–Kier alpha value is -4.76. The Morgan fingerprint density at radius 1 is 1.03 bits per heavy atom. The average Bonchev–Trinajstić information content (AvgIpc) is 3.56. The van der Waals surface area contributed by atoms with Gasteiger partial charge in [0.25, 0.3) is 5.91 Å². The molecule has 39 heavy (non-hydrogen) atoms. The predicted molar refractivity (Wildman–Crippen MR) is 152 cm³/mol. The molecule has 3 aromatic carbocycles. The molecular formula is C30H25N5O3S. The second-order valence-electron chi connectivity index (χ2n) is 9.60. The van der Waals surface area contributed by atoms with E-state index in [9.17, 15) is 13.2 Å². The number of pyridine rings is 1. The highest BCUT2D eigenvalue weighted by atomic mass is 32.2. The summed E-state index contributed by atoms with van der Waals surface area (Å²) in [5.74, 6) is -0.316. The third kappa shape index (κ3) is 4.92. The van der Waals surface area contributed by atoms with Crippen molar-refractivity contribution in [3.8, 4) is 11.3 Å². The number of sulfone groups is 1. The highest BCUT2D eigenvalue weighted by Crippen LogP contribution is 2.25. The minimum Gasteiger partial charge on any atom is -0.345 e. The lowest BCUT2D eigenvalue weighted by molar-refractivity contribution is 0.102. The molecule has 0 bridgehead atoms. The van der Waals surface area contributed by atoms with Crippen molar-refractivity contribution in [3.05, 3.63) is 114 Å². The number of amides is 1. The summed E-state index contributed by atoms with van der Waals surface area (Å²) >= 11 is 0. The number of anilines is 1. The first-order valence-electron chi connectivity index (χ1n) is 12.4. The number of rotatable bonds is 6. The van der Waals surface area contributed by atoms with Crippen LogP contribution >= 0.6 is 0 Å². The molecule has 6 rings (SSSR count). The van der Waals surface area contributed by atoms with Crippen LogP contribution < -0.4 is 5.32 Å². The molecule has 0 aliphatic rings. The van der Waals surface area contributed by atoms with Crippen molar-refractivity contribution in [2.45, 2.75) is 18.2 Å². The van der Waals surface area contributed by atoms with E-state index < -0.39 is 9.84 Å². The molecule has 0 spiro atoms. The van der Waals surface area contributed by atoms with Crippen LogP contribution in [0.1, 0.15) is 27.0 Å². The predicted octanol–water partition coefficient (Wildman–Crippen LogP) is 5.43. The summed E-state index contributed by atoms with van der Waals surface area (Å²) in [5, 5.41) is 2.95. The van der Waals surface area contributed by atoms with Crippen LogP contribution in [0.2, 0.25) is 0 Å². The third-order valence-electron chi connectivity index (χ3n) is 6.75. The SMILES string of the molecule is Cc1cccn2cc(-c3ccc(NC(=O)c4ccc(S(C)(=O)=O)cc4Cc4ccc5nc[nH]c5c4)cc3)nc12. The minimum atomic E-state index is -3.44. The molecule has 0 fully saturated rings. The highest BCUT2D eigenvalue weighted by molar-refractivity contribution is 7.90. The maximum absolute atomic E-state index is 13.4. The van der Waals surface area contributed by atoms with Crippen molar-refractivity contribution in [2.24, 2.45) is 0 Å². The van der Waals surface area contributed by atoms with Gasteiger partial charge in [-0.15, -0.1) is 0 Å². The first-order chi connectivity index (χ1) is 18.7. The standard InChI is InChI=1S/C30H25N5O3S/c1-19-4-3-13-35-17-28(34-29(19)35)21-6-8-23(9-7-21)33-30(36)25-11-10-24(39(2,37)38)16-22(25)14-20-5-12-26-27(15-20)32-18-31-26/h3-13,15-18H,14H2,1-2H3,(H,31,32)(H,33,36). The van der Waals surface area contributed by atoms with E-state index in [0.717, 1.165) is 45.3 Å². The topological polar surface area (TPSA) is 109 Å². The quantitative estimate of drug-likeness (QED) is 0.296. The maximum Gasteiger partial charge on any atom is 0.255 e. The molecule has 0 aliphatic heterocycles. The largest absolute Gasteiger partial charge is 0.345 e. The lowest BCUT2D eigenvalue weighted by Gasteiger charge is -2.13. The number of fused-ring (bicyclic) bond motifs is 2. The summed E-state index contributed by atoms with van der Waals surface area (Å²) in [6, 6.07) is 21.9. The van der Waals surface area contributed by atoms with Gasteiger partial charge >= 0.3 is 0 Å². The number of benzene rings is 3. The number of hydrogen-bond acceptors (Lipinski definition) is 5. The van der Waals surface area contributed by atoms with E-state index in [0.29, 0.717) is 23.2 Å². The van der Waals surface area contributed by atoms with Gasteiger partial charge in [-0.05, 0) is 78.6 Å². The molecule has 0 atom stereocenters. The van der Waals surface area contributed by atoms with Gasteiger partial charge in [-0.1, -0.05) is 24.3 Å². The average molecular weight is 536 g/mol. The van der Waals surface area contributed by atoms with E-state index in [1.54, 1.807) is 18.5 Å². The van der Waals surface area contributed by atoms with Gasteiger partial charge in [0, 0.05) is 35.5 Å². The summed E-state index contributed by atoms with van der Waals surface area (Å²) in [4.78, 5) is 25.6. The van der Waals surface area contributed by atoms with Crippen molar-refractivity contribution in [1.82, 2.24) is 19.4 Å². The monoisotopic (exact) mass is 535 g/mol. The number of aromatic amines is 1. The zero-order valence-electron chi connectivity index (χ0n) is 21.3. The van der Waals surface area contributed by atoms with Crippen LogP contribution in [-0.4, -0.2) is 39.9 Å². The van der Waals surface area contributed by atoms with Gasteiger partial charge in [-0.3, -0.25) is 4.79 Å². The molecule has 2 N–H and O–H groups in total. The fourth-order valence-corrected chi connectivity index (χ4v) is 5.37. The van der Waals surface area contributed by atoms with Gasteiger partial charge in [0.05, 0.1) is 28.0 Å². The zero-order chi connectivity index (χ0) is 27.1. The number of hydrogen-bond donors (Lipinski definition) is 2. The van der Waals surface area contributed by atoms with Crippen LogP contribution in [0.4, 0.5) is 5.69 Å². The van der Waals surface area contributed by atoms with Gasteiger partial charge in [0.2, 0.25) is 0 Å². The molecule has 194 valence electrons. The van der Waals surface area contributed by atoms with E-state index >= 15 is 0 Å². The summed E-state index contributed by atoms with van der Waals surface area (Å²) in [5.41, 5.74) is 8.06. The van der Waals surface area contributed by atoms with E-state index in [1.165, 1.54) is 6.07 Å². The molecule has 0 aliphatic carbocycles. The van der Waals surface area contributed by atoms with E-state index in [1.807, 2.05) is 78.3 Å². The number of aromatic nitrogens is 4. The Morgan fingerprint density at radius 3 is 2.62 bits per heavy atom. The molecule has 3 heterocycles. The Kier molecular flexibility index (Phi) is 6.00. The van der Waals surface area contributed by atoms with E-state index in [-0.39, 0.29) is 10.8 Å². The van der Waals surface area contributed by atoms with Crippen molar-refractivity contribution in [3.63, 3.8) is 0 Å². The summed E-state index contributed by atoms with van der Waals surface area (Å²) in [7, 11) is -3.44. The van der Waals surface area contributed by atoms with Gasteiger partial charge in [0.15, 0.2) is 9.84 Å². The van der Waals surface area contributed by atoms with E-state index in [4.69, 9.17) is 4.98 Å². The number of H-pyrrole nitrogens is 1. The van der Waals surface area contributed by atoms with E-state index in [2.05, 4.69) is 15.3 Å². The van der Waals surface area contributed by atoms with Gasteiger partial charge in [0.1, 0.15) is 5.65 Å². The van der Waals surface area contributed by atoms with Crippen LogP contribution in [0.3, 0.4) is 0 Å². The first-order valence-corrected chi connectivity index (χ1v) is 14.2. The summed E-state index contributed by atoms with van der Waals surface area (Å²) < 4.78 is 26.5. The number of imidazole rings is 2. The van der Waals surface area contributed by atoms with Crippen molar-refractivity contribution in [1.29, 1.82) is 0 Å². The minimum absolute atomic E-state index is 0.170. The van der Waals surface area contributed by atoms with Crippen LogP contribution in [-0.2, 0) is 16.3 Å². The Bertz CT molecular complexity index is 1970. The first kappa shape index (κ1) is 24.6. The number of nitrogens with zero attached hydrogens (tertiary/aromatic N) is 3. The van der Waals surface area contributed by atoms with Crippen molar-refractivity contribution < 1.29 is 13.2 Å². The molecule has 0 radical (unpaired) electrons. The van der Waals surface area contributed by atoms with Crippen molar-refractivity contribution in [2.75, 3.05) is 11.6 Å². The number of nitrogens with one attached hydrogen (secondary N) is 2. The van der Waals surface area contributed by atoms with Crippen molar-refractivity contribution >= 4 is 38.1 Å². The fourth-order valence-electron chi connectivity index (χ4n) is 4.70. The smallest absolute Gasteiger partial charge is 0.255 e. The summed E-state index contributed by atoms with van der Waals surface area (Å²) in [6.07, 6.45) is 7.11. The molecule has 6 aromatic rings. The molecule has 3 aromatic heterocycles. The number of aryl methyl sites for hydroxylation is 1. The Morgan fingerprint density at radius 2 is 1.85 bits per heavy atom. The lowest BCUT2D eigenvalue weighted by atomic mass is 9.98. The molecule has 9 heteroatoms. The van der Waals surface area contributed by atoms with Crippen LogP contribution in [0.15, 0.2) is 96.4 Å². The Balaban J connectivity index is 1.28. The molecule has 1 amide bonds. The van der Waals surface area contributed by atoms with Gasteiger partial charge < -0.3 is 14.7 Å².